The quantitative estimate of drug-likeness (QED) is 0.909. The lowest BCUT2D eigenvalue weighted by Gasteiger charge is -2.21. The van der Waals surface area contributed by atoms with Crippen LogP contribution in [0.1, 0.15) is 5.56 Å². The normalized spacial score (nSPS) is 13.5. The minimum Gasteiger partial charge on any atom is -0.480 e. The van der Waals surface area contributed by atoms with Gasteiger partial charge in [-0.2, -0.15) is 8.78 Å². The van der Waals surface area contributed by atoms with Gasteiger partial charge in [-0.1, -0.05) is 34.1 Å². The highest BCUT2D eigenvalue weighted by atomic mass is 79.9. The summed E-state index contributed by atoms with van der Waals surface area (Å²) in [5.41, 5.74) is 4.63. The first-order valence-corrected chi connectivity index (χ1v) is 6.17. The average Bonchev–Trinajstić information content (AvgIpc) is 2.36. The number of rotatable bonds is 3. The Labute approximate surface area is 116 Å². The fraction of sp³-hybridized carbons (Fsp3) is 0.154. The summed E-state index contributed by atoms with van der Waals surface area (Å²) in [4.78, 5) is 10.6. The van der Waals surface area contributed by atoms with Crippen LogP contribution in [0, 0.1) is 0 Å². The lowest BCUT2D eigenvalue weighted by molar-refractivity contribution is -0.149. The van der Waals surface area contributed by atoms with E-state index in [2.05, 4.69) is 15.9 Å². The van der Waals surface area contributed by atoms with Crippen LogP contribution in [-0.4, -0.2) is 17.1 Å². The lowest BCUT2D eigenvalue weighted by Crippen LogP contribution is -2.45. The Morgan fingerprint density at radius 2 is 1.79 bits per heavy atom. The van der Waals surface area contributed by atoms with Gasteiger partial charge in [-0.15, -0.1) is 0 Å². The SMILES string of the molecule is NC(C(=O)O)C(F)(F)c1ccc2cc(Br)ccc2c1. The van der Waals surface area contributed by atoms with Crippen molar-refractivity contribution in [3.8, 4) is 0 Å². The Kier molecular flexibility index (Phi) is 3.56. The molecule has 0 bridgehead atoms. The summed E-state index contributed by atoms with van der Waals surface area (Å²) in [6.07, 6.45) is 0. The third-order valence-electron chi connectivity index (χ3n) is 2.84. The molecule has 0 saturated heterocycles. The van der Waals surface area contributed by atoms with Gasteiger partial charge in [0.15, 0.2) is 6.04 Å². The molecule has 19 heavy (non-hydrogen) atoms. The molecule has 3 N–H and O–H groups in total. The van der Waals surface area contributed by atoms with Crippen molar-refractivity contribution < 1.29 is 18.7 Å². The number of benzene rings is 2. The molecule has 0 heterocycles. The predicted octanol–water partition coefficient (Wildman–Crippen LogP) is 3.11. The Morgan fingerprint density at radius 1 is 1.21 bits per heavy atom. The maximum Gasteiger partial charge on any atom is 0.327 e. The highest BCUT2D eigenvalue weighted by Gasteiger charge is 2.43. The fourth-order valence-corrected chi connectivity index (χ4v) is 2.14. The van der Waals surface area contributed by atoms with E-state index in [4.69, 9.17) is 10.8 Å². The van der Waals surface area contributed by atoms with E-state index in [0.717, 1.165) is 9.86 Å². The minimum absolute atomic E-state index is 0.405. The summed E-state index contributed by atoms with van der Waals surface area (Å²) in [7, 11) is 0. The second-order valence-corrected chi connectivity index (χ2v) is 5.06. The number of aliphatic carboxylic acids is 1. The summed E-state index contributed by atoms with van der Waals surface area (Å²) < 4.78 is 28.6. The molecule has 0 aliphatic heterocycles. The van der Waals surface area contributed by atoms with E-state index in [1.165, 1.54) is 18.2 Å². The van der Waals surface area contributed by atoms with Crippen molar-refractivity contribution in [2.75, 3.05) is 0 Å². The van der Waals surface area contributed by atoms with Crippen molar-refractivity contribution in [2.24, 2.45) is 5.73 Å². The first-order valence-electron chi connectivity index (χ1n) is 5.38. The zero-order chi connectivity index (χ0) is 14.2. The van der Waals surface area contributed by atoms with Crippen LogP contribution in [0.2, 0.25) is 0 Å². The number of alkyl halides is 2. The molecule has 3 nitrogen and oxygen atoms in total. The Morgan fingerprint density at radius 3 is 2.42 bits per heavy atom. The molecule has 1 atom stereocenters. The van der Waals surface area contributed by atoms with Crippen molar-refractivity contribution in [2.45, 2.75) is 12.0 Å². The highest BCUT2D eigenvalue weighted by molar-refractivity contribution is 9.10. The van der Waals surface area contributed by atoms with Crippen molar-refractivity contribution in [3.63, 3.8) is 0 Å². The van der Waals surface area contributed by atoms with Gasteiger partial charge in [0.1, 0.15) is 0 Å². The van der Waals surface area contributed by atoms with Crippen LogP contribution in [0.3, 0.4) is 0 Å². The molecule has 100 valence electrons. The van der Waals surface area contributed by atoms with Gasteiger partial charge in [-0.25, -0.2) is 0 Å². The Hall–Kier alpha value is -1.53. The van der Waals surface area contributed by atoms with Crippen LogP contribution in [0.4, 0.5) is 8.78 Å². The number of hydrogen-bond donors (Lipinski definition) is 2. The maximum atomic E-state index is 13.9. The van der Waals surface area contributed by atoms with Gasteiger partial charge in [-0.3, -0.25) is 4.79 Å². The van der Waals surface area contributed by atoms with Gasteiger partial charge in [0, 0.05) is 10.0 Å². The molecule has 0 aliphatic carbocycles. The Balaban J connectivity index is 2.51. The van der Waals surface area contributed by atoms with Crippen LogP contribution in [-0.2, 0) is 10.7 Å². The van der Waals surface area contributed by atoms with Gasteiger partial charge in [0.25, 0.3) is 5.92 Å². The number of fused-ring (bicyclic) bond motifs is 1. The van der Waals surface area contributed by atoms with E-state index in [1.54, 1.807) is 18.2 Å². The van der Waals surface area contributed by atoms with Gasteiger partial charge in [-0.05, 0) is 29.0 Å². The number of carbonyl (C=O) groups is 1. The van der Waals surface area contributed by atoms with E-state index in [9.17, 15) is 13.6 Å². The molecule has 2 aromatic rings. The number of hydrogen-bond acceptors (Lipinski definition) is 2. The molecular weight excluding hydrogens is 320 g/mol. The first-order chi connectivity index (χ1) is 8.82. The molecule has 0 spiro atoms. The van der Waals surface area contributed by atoms with E-state index < -0.39 is 23.5 Å². The molecule has 1 unspecified atom stereocenters. The van der Waals surface area contributed by atoms with Gasteiger partial charge in [0.2, 0.25) is 0 Å². The first kappa shape index (κ1) is 13.9. The highest BCUT2D eigenvalue weighted by Crippen LogP contribution is 2.33. The summed E-state index contributed by atoms with van der Waals surface area (Å²) >= 11 is 3.29. The van der Waals surface area contributed by atoms with Gasteiger partial charge < -0.3 is 10.8 Å². The van der Waals surface area contributed by atoms with Crippen LogP contribution in [0.25, 0.3) is 10.8 Å². The minimum atomic E-state index is -3.62. The van der Waals surface area contributed by atoms with Crippen molar-refractivity contribution in [1.29, 1.82) is 0 Å². The fourth-order valence-electron chi connectivity index (χ4n) is 1.76. The van der Waals surface area contributed by atoms with Crippen LogP contribution in [0.5, 0.6) is 0 Å². The van der Waals surface area contributed by atoms with Crippen molar-refractivity contribution in [1.82, 2.24) is 0 Å². The van der Waals surface area contributed by atoms with Gasteiger partial charge in [0.05, 0.1) is 0 Å². The summed E-state index contributed by atoms with van der Waals surface area (Å²) in [6.45, 7) is 0. The van der Waals surface area contributed by atoms with E-state index in [0.29, 0.717) is 5.39 Å². The second kappa shape index (κ2) is 4.86. The molecule has 0 aliphatic rings. The third-order valence-corrected chi connectivity index (χ3v) is 3.34. The zero-order valence-electron chi connectivity index (χ0n) is 9.61. The largest absolute Gasteiger partial charge is 0.480 e. The summed E-state index contributed by atoms with van der Waals surface area (Å²) in [6, 6.07) is 6.88. The zero-order valence-corrected chi connectivity index (χ0v) is 11.2. The molecular formula is C13H10BrF2NO2. The molecule has 0 aromatic heterocycles. The topological polar surface area (TPSA) is 63.3 Å². The van der Waals surface area contributed by atoms with Crippen LogP contribution in [0.15, 0.2) is 40.9 Å². The maximum absolute atomic E-state index is 13.9. The lowest BCUT2D eigenvalue weighted by atomic mass is 9.98. The van der Waals surface area contributed by atoms with Crippen LogP contribution < -0.4 is 5.73 Å². The van der Waals surface area contributed by atoms with Gasteiger partial charge >= 0.3 is 5.97 Å². The second-order valence-electron chi connectivity index (χ2n) is 4.15. The number of carboxylic acids is 1. The number of nitrogens with two attached hydrogens (primary N) is 1. The number of halogens is 3. The van der Waals surface area contributed by atoms with E-state index in [1.807, 2.05) is 0 Å². The molecule has 2 rings (SSSR count). The van der Waals surface area contributed by atoms with Crippen molar-refractivity contribution in [3.05, 3.63) is 46.4 Å². The van der Waals surface area contributed by atoms with Crippen molar-refractivity contribution >= 4 is 32.7 Å². The molecule has 2 aromatic carbocycles. The van der Waals surface area contributed by atoms with Crippen LogP contribution >= 0.6 is 15.9 Å². The third kappa shape index (κ3) is 2.59. The molecule has 0 fully saturated rings. The summed E-state index contributed by atoms with van der Waals surface area (Å²) in [5, 5.41) is 9.99. The Bertz CT molecular complexity index is 646. The predicted molar refractivity (Wildman–Crippen MR) is 71.2 cm³/mol. The smallest absolute Gasteiger partial charge is 0.327 e. The van der Waals surface area contributed by atoms with E-state index in [-0.39, 0.29) is 0 Å². The monoisotopic (exact) mass is 329 g/mol. The average molecular weight is 330 g/mol. The standard InChI is InChI=1S/C13H10BrF2NO2/c14-10-4-2-7-5-9(3-1-8(7)6-10)13(15,16)11(17)12(18)19/h1-6,11H,17H2,(H,18,19). The molecule has 0 amide bonds. The molecule has 0 saturated carbocycles. The molecule has 6 heteroatoms. The molecule has 0 radical (unpaired) electrons. The number of carboxylic acid groups (broad SMARTS) is 1. The van der Waals surface area contributed by atoms with E-state index >= 15 is 0 Å². The summed E-state index contributed by atoms with van der Waals surface area (Å²) in [5.74, 6) is -5.35.